The van der Waals surface area contributed by atoms with Gasteiger partial charge in [0, 0.05) is 11.4 Å². The highest BCUT2D eigenvalue weighted by Gasteiger charge is 2.00. The summed E-state index contributed by atoms with van der Waals surface area (Å²) >= 11 is 3.40. The van der Waals surface area contributed by atoms with Gasteiger partial charge in [0.15, 0.2) is 0 Å². The molecule has 0 fully saturated rings. The molecule has 0 aromatic heterocycles. The molecule has 2 aromatic rings. The van der Waals surface area contributed by atoms with Crippen LogP contribution in [-0.2, 0) is 4.79 Å². The monoisotopic (exact) mass is 264 g/mol. The predicted molar refractivity (Wildman–Crippen MR) is 63.0 cm³/mol. The molecule has 0 aliphatic carbocycles. The fraction of sp³-hybridized carbons (Fsp3) is 0.0833. The number of hydrogen-bond donors (Lipinski definition) is 0. The number of hydrogen-bond acceptors (Lipinski definition) is 2. The van der Waals surface area contributed by atoms with E-state index in [4.69, 9.17) is 4.74 Å². The van der Waals surface area contributed by atoms with Gasteiger partial charge >= 0.3 is 5.97 Å². The molecule has 0 saturated heterocycles. The zero-order valence-electron chi connectivity index (χ0n) is 8.16. The van der Waals surface area contributed by atoms with Crippen LogP contribution in [0, 0.1) is 0 Å². The van der Waals surface area contributed by atoms with Crippen molar-refractivity contribution in [2.75, 3.05) is 0 Å². The number of carbonyl (C=O) groups excluding carboxylic acids is 1. The summed E-state index contributed by atoms with van der Waals surface area (Å²) in [7, 11) is 0. The third-order valence-corrected chi connectivity index (χ3v) is 2.53. The van der Waals surface area contributed by atoms with E-state index < -0.39 is 0 Å². The molecule has 0 saturated carbocycles. The molecular weight excluding hydrogens is 256 g/mol. The summed E-state index contributed by atoms with van der Waals surface area (Å²) in [6.07, 6.45) is 0. The minimum Gasteiger partial charge on any atom is -0.427 e. The van der Waals surface area contributed by atoms with Gasteiger partial charge in [-0.05, 0) is 35.0 Å². The average Bonchev–Trinajstić information content (AvgIpc) is 2.16. The lowest BCUT2D eigenvalue weighted by Gasteiger charge is -2.03. The van der Waals surface area contributed by atoms with Gasteiger partial charge in [-0.25, -0.2) is 0 Å². The van der Waals surface area contributed by atoms with Crippen LogP contribution >= 0.6 is 15.9 Å². The van der Waals surface area contributed by atoms with Gasteiger partial charge in [0.2, 0.25) is 0 Å². The average molecular weight is 265 g/mol. The highest BCUT2D eigenvalue weighted by molar-refractivity contribution is 9.10. The Morgan fingerprint density at radius 1 is 1.13 bits per heavy atom. The number of carbonyl (C=O) groups is 1. The smallest absolute Gasteiger partial charge is 0.308 e. The molecule has 76 valence electrons. The summed E-state index contributed by atoms with van der Waals surface area (Å²) < 4.78 is 6.02. The highest BCUT2D eigenvalue weighted by Crippen LogP contribution is 2.24. The molecular formula is C12H9BrO2. The van der Waals surface area contributed by atoms with Crippen LogP contribution in [0.4, 0.5) is 0 Å². The maximum absolute atomic E-state index is 10.8. The minimum absolute atomic E-state index is 0.302. The molecule has 0 unspecified atom stereocenters. The molecule has 0 N–H and O–H groups in total. The van der Waals surface area contributed by atoms with Crippen molar-refractivity contribution in [1.82, 2.24) is 0 Å². The summed E-state index contributed by atoms with van der Waals surface area (Å²) in [4.78, 5) is 10.8. The summed E-state index contributed by atoms with van der Waals surface area (Å²) in [5.74, 6) is 0.275. The summed E-state index contributed by atoms with van der Waals surface area (Å²) in [6, 6.07) is 11.5. The lowest BCUT2D eigenvalue weighted by atomic mass is 10.1. The molecule has 2 aromatic carbocycles. The van der Waals surface area contributed by atoms with Gasteiger partial charge in [-0.15, -0.1) is 0 Å². The molecule has 0 aliphatic rings. The van der Waals surface area contributed by atoms with Crippen LogP contribution in [0.2, 0.25) is 0 Å². The van der Waals surface area contributed by atoms with E-state index >= 15 is 0 Å². The Labute approximate surface area is 96.0 Å². The molecule has 0 amide bonds. The Hall–Kier alpha value is -1.35. The third kappa shape index (κ3) is 2.36. The van der Waals surface area contributed by atoms with E-state index in [1.54, 1.807) is 6.07 Å². The summed E-state index contributed by atoms with van der Waals surface area (Å²) in [5, 5.41) is 2.16. The van der Waals surface area contributed by atoms with E-state index in [0.717, 1.165) is 15.2 Å². The molecule has 0 heterocycles. The normalized spacial score (nSPS) is 10.3. The van der Waals surface area contributed by atoms with Gasteiger partial charge in [0.25, 0.3) is 0 Å². The lowest BCUT2D eigenvalue weighted by molar-refractivity contribution is -0.131. The van der Waals surface area contributed by atoms with Crippen molar-refractivity contribution < 1.29 is 9.53 Å². The summed E-state index contributed by atoms with van der Waals surface area (Å²) in [6.45, 7) is 1.39. The fourth-order valence-corrected chi connectivity index (χ4v) is 1.80. The molecule has 2 rings (SSSR count). The van der Waals surface area contributed by atoms with Crippen LogP contribution in [0.1, 0.15) is 6.92 Å². The van der Waals surface area contributed by atoms with Gasteiger partial charge in [0.05, 0.1) is 0 Å². The van der Waals surface area contributed by atoms with Crippen molar-refractivity contribution in [2.24, 2.45) is 0 Å². The molecule has 0 spiro atoms. The quantitative estimate of drug-likeness (QED) is 0.582. The second-order valence-corrected chi connectivity index (χ2v) is 4.16. The second-order valence-electron chi connectivity index (χ2n) is 3.25. The zero-order chi connectivity index (χ0) is 10.8. The number of benzene rings is 2. The van der Waals surface area contributed by atoms with Crippen LogP contribution in [-0.4, -0.2) is 5.97 Å². The van der Waals surface area contributed by atoms with Crippen LogP contribution < -0.4 is 4.74 Å². The maximum atomic E-state index is 10.8. The topological polar surface area (TPSA) is 26.3 Å². The van der Waals surface area contributed by atoms with Crippen molar-refractivity contribution in [1.29, 1.82) is 0 Å². The van der Waals surface area contributed by atoms with Crippen molar-refractivity contribution in [3.63, 3.8) is 0 Å². The Kier molecular flexibility index (Phi) is 2.73. The van der Waals surface area contributed by atoms with Gasteiger partial charge in [0.1, 0.15) is 5.75 Å². The van der Waals surface area contributed by atoms with E-state index in [1.807, 2.05) is 30.3 Å². The first-order valence-corrected chi connectivity index (χ1v) is 5.32. The van der Waals surface area contributed by atoms with Crippen LogP contribution in [0.15, 0.2) is 40.9 Å². The molecule has 3 heteroatoms. The predicted octanol–water partition coefficient (Wildman–Crippen LogP) is 3.53. The molecule has 2 nitrogen and oxygen atoms in total. The molecule has 0 bridgehead atoms. The van der Waals surface area contributed by atoms with Gasteiger partial charge in [-0.1, -0.05) is 28.1 Å². The lowest BCUT2D eigenvalue weighted by Crippen LogP contribution is -2.00. The standard InChI is InChI=1S/C12H9BrO2/c1-8(14)15-12-5-3-9-2-4-11(13)6-10(9)7-12/h2-7H,1H3. The van der Waals surface area contributed by atoms with E-state index in [2.05, 4.69) is 15.9 Å². The SMILES string of the molecule is CC(=O)Oc1ccc2ccc(Br)cc2c1. The number of fused-ring (bicyclic) bond motifs is 1. The number of halogens is 1. The van der Waals surface area contributed by atoms with E-state index in [9.17, 15) is 4.79 Å². The van der Waals surface area contributed by atoms with E-state index in [1.165, 1.54) is 6.92 Å². The van der Waals surface area contributed by atoms with Crippen molar-refractivity contribution >= 4 is 32.7 Å². The molecule has 0 radical (unpaired) electrons. The van der Waals surface area contributed by atoms with Crippen molar-refractivity contribution in [2.45, 2.75) is 6.92 Å². The Morgan fingerprint density at radius 2 is 1.87 bits per heavy atom. The molecule has 0 aliphatic heterocycles. The number of ether oxygens (including phenoxy) is 1. The fourth-order valence-electron chi connectivity index (χ4n) is 1.43. The van der Waals surface area contributed by atoms with Gasteiger partial charge in [-0.2, -0.15) is 0 Å². The zero-order valence-corrected chi connectivity index (χ0v) is 9.74. The first kappa shape index (κ1) is 10.2. The third-order valence-electron chi connectivity index (χ3n) is 2.04. The second kappa shape index (κ2) is 4.03. The molecule has 0 atom stereocenters. The van der Waals surface area contributed by atoms with Gasteiger partial charge < -0.3 is 4.74 Å². The Morgan fingerprint density at radius 3 is 2.60 bits per heavy atom. The number of esters is 1. The maximum Gasteiger partial charge on any atom is 0.308 e. The number of rotatable bonds is 1. The van der Waals surface area contributed by atoms with E-state index in [-0.39, 0.29) is 5.97 Å². The van der Waals surface area contributed by atoms with Crippen molar-refractivity contribution in [3.8, 4) is 5.75 Å². The summed E-state index contributed by atoms with van der Waals surface area (Å²) in [5.41, 5.74) is 0. The van der Waals surface area contributed by atoms with Crippen LogP contribution in [0.25, 0.3) is 10.8 Å². The Balaban J connectivity index is 2.49. The van der Waals surface area contributed by atoms with Crippen LogP contribution in [0.5, 0.6) is 5.75 Å². The Bertz CT molecular complexity index is 520. The first-order valence-electron chi connectivity index (χ1n) is 4.53. The largest absolute Gasteiger partial charge is 0.427 e. The highest BCUT2D eigenvalue weighted by atomic mass is 79.9. The van der Waals surface area contributed by atoms with E-state index in [0.29, 0.717) is 5.75 Å². The van der Waals surface area contributed by atoms with Crippen molar-refractivity contribution in [3.05, 3.63) is 40.9 Å². The molecule has 15 heavy (non-hydrogen) atoms. The van der Waals surface area contributed by atoms with Crippen LogP contribution in [0.3, 0.4) is 0 Å². The first-order chi connectivity index (χ1) is 7.15. The van der Waals surface area contributed by atoms with Gasteiger partial charge in [-0.3, -0.25) is 4.79 Å². The minimum atomic E-state index is -0.302.